The zero-order valence-corrected chi connectivity index (χ0v) is 13.9. The Labute approximate surface area is 132 Å². The highest BCUT2D eigenvalue weighted by Crippen LogP contribution is 2.28. The first-order valence-corrected chi connectivity index (χ1v) is 8.84. The van der Waals surface area contributed by atoms with E-state index in [9.17, 15) is 18.3 Å². The molecular formula is C13H17BrN2O4S. The van der Waals surface area contributed by atoms with Gasteiger partial charge in [-0.15, -0.1) is 0 Å². The van der Waals surface area contributed by atoms with Crippen LogP contribution in [0.1, 0.15) is 24.8 Å². The van der Waals surface area contributed by atoms with Gasteiger partial charge in [-0.3, -0.25) is 9.52 Å². The number of carboxylic acid groups (broad SMARTS) is 1. The van der Waals surface area contributed by atoms with Gasteiger partial charge in [0.2, 0.25) is 0 Å². The van der Waals surface area contributed by atoms with E-state index >= 15 is 0 Å². The number of rotatable bonds is 4. The van der Waals surface area contributed by atoms with Gasteiger partial charge in [-0.25, -0.2) is 0 Å². The predicted octanol–water partition coefficient (Wildman–Crippen LogP) is 2.35. The van der Waals surface area contributed by atoms with Gasteiger partial charge in [0.15, 0.2) is 0 Å². The number of halogens is 1. The predicted molar refractivity (Wildman–Crippen MR) is 83.4 cm³/mol. The Hall–Kier alpha value is -1.12. The summed E-state index contributed by atoms with van der Waals surface area (Å²) in [5, 5.41) is 9.19. The molecule has 1 atom stereocenters. The summed E-state index contributed by atoms with van der Waals surface area (Å²) in [4.78, 5) is 11.2. The highest BCUT2D eigenvalue weighted by molar-refractivity contribution is 9.10. The lowest BCUT2D eigenvalue weighted by molar-refractivity contribution is -0.142. The number of hydrogen-bond donors (Lipinski definition) is 2. The molecule has 1 saturated heterocycles. The van der Waals surface area contributed by atoms with Crippen molar-refractivity contribution in [3.63, 3.8) is 0 Å². The summed E-state index contributed by atoms with van der Waals surface area (Å²) in [6, 6.07) is 4.22. The van der Waals surface area contributed by atoms with Crippen LogP contribution in [0.15, 0.2) is 22.7 Å². The fourth-order valence-electron chi connectivity index (χ4n) is 2.36. The summed E-state index contributed by atoms with van der Waals surface area (Å²) in [7, 11) is -3.90. The highest BCUT2D eigenvalue weighted by Gasteiger charge is 2.36. The van der Waals surface area contributed by atoms with Crippen molar-refractivity contribution in [1.82, 2.24) is 4.31 Å². The first-order valence-electron chi connectivity index (χ1n) is 6.60. The first kappa shape index (κ1) is 16.3. The summed E-state index contributed by atoms with van der Waals surface area (Å²) in [6.45, 7) is 2.07. The molecule has 0 aliphatic carbocycles. The lowest BCUT2D eigenvalue weighted by Crippen LogP contribution is -2.49. The third-order valence-electron chi connectivity index (χ3n) is 3.48. The number of hydrogen-bond acceptors (Lipinski definition) is 3. The SMILES string of the molecule is Cc1cccc(NS(=O)(=O)N2CCCCC2C(=O)O)c1Br. The monoisotopic (exact) mass is 376 g/mol. The topological polar surface area (TPSA) is 86.7 Å². The lowest BCUT2D eigenvalue weighted by atomic mass is 10.1. The molecule has 0 aromatic heterocycles. The number of carbonyl (C=O) groups is 1. The van der Waals surface area contributed by atoms with Gasteiger partial charge in [-0.1, -0.05) is 12.1 Å². The summed E-state index contributed by atoms with van der Waals surface area (Å²) < 4.78 is 29.1. The van der Waals surface area contributed by atoms with Crippen LogP contribution in [0, 0.1) is 6.92 Å². The second-order valence-corrected chi connectivity index (χ2v) is 7.42. The van der Waals surface area contributed by atoms with Crippen LogP contribution in [0.2, 0.25) is 0 Å². The molecule has 0 amide bonds. The van der Waals surface area contributed by atoms with Gasteiger partial charge in [0.05, 0.1) is 5.69 Å². The first-order chi connectivity index (χ1) is 9.83. The molecule has 21 heavy (non-hydrogen) atoms. The molecule has 116 valence electrons. The van der Waals surface area contributed by atoms with Gasteiger partial charge in [0.25, 0.3) is 0 Å². The van der Waals surface area contributed by atoms with Crippen molar-refractivity contribution in [2.75, 3.05) is 11.3 Å². The van der Waals surface area contributed by atoms with E-state index in [0.717, 1.165) is 16.3 Å². The number of nitrogens with zero attached hydrogens (tertiary/aromatic N) is 1. The average Bonchev–Trinajstić information content (AvgIpc) is 2.44. The number of nitrogens with one attached hydrogen (secondary N) is 1. The molecule has 0 saturated carbocycles. The van der Waals surface area contributed by atoms with Crippen LogP contribution >= 0.6 is 15.9 Å². The van der Waals surface area contributed by atoms with E-state index in [4.69, 9.17) is 0 Å². The second-order valence-electron chi connectivity index (χ2n) is 5.00. The van der Waals surface area contributed by atoms with Gasteiger partial charge in [0.1, 0.15) is 6.04 Å². The lowest BCUT2D eigenvalue weighted by Gasteiger charge is -2.32. The molecule has 1 fully saturated rings. The Morgan fingerprint density at radius 3 is 2.81 bits per heavy atom. The molecule has 6 nitrogen and oxygen atoms in total. The maximum absolute atomic E-state index is 12.5. The van der Waals surface area contributed by atoms with E-state index in [-0.39, 0.29) is 6.54 Å². The Kier molecular flexibility index (Phi) is 4.90. The number of piperidine rings is 1. The Morgan fingerprint density at radius 1 is 1.43 bits per heavy atom. The largest absolute Gasteiger partial charge is 0.480 e. The van der Waals surface area contributed by atoms with Gasteiger partial charge in [0, 0.05) is 11.0 Å². The Balaban J connectivity index is 2.28. The van der Waals surface area contributed by atoms with Gasteiger partial charge < -0.3 is 5.11 Å². The van der Waals surface area contributed by atoms with Crippen LogP contribution in [0.4, 0.5) is 5.69 Å². The quantitative estimate of drug-likeness (QED) is 0.844. The fraction of sp³-hybridized carbons (Fsp3) is 0.462. The summed E-state index contributed by atoms with van der Waals surface area (Å²) in [5.74, 6) is -1.11. The molecule has 1 aromatic carbocycles. The molecule has 0 radical (unpaired) electrons. The van der Waals surface area contributed by atoms with Crippen LogP contribution in [0.3, 0.4) is 0 Å². The van der Waals surface area contributed by atoms with Crippen molar-refractivity contribution in [1.29, 1.82) is 0 Å². The highest BCUT2D eigenvalue weighted by atomic mass is 79.9. The van der Waals surface area contributed by atoms with Crippen LogP contribution < -0.4 is 4.72 Å². The van der Waals surface area contributed by atoms with Crippen molar-refractivity contribution in [2.45, 2.75) is 32.2 Å². The minimum Gasteiger partial charge on any atom is -0.480 e. The van der Waals surface area contributed by atoms with Crippen LogP contribution in [-0.2, 0) is 15.0 Å². The number of aliphatic carboxylic acids is 1. The molecule has 1 aliphatic rings. The van der Waals surface area contributed by atoms with Crippen molar-refractivity contribution < 1.29 is 18.3 Å². The zero-order chi connectivity index (χ0) is 15.6. The van der Waals surface area contributed by atoms with Gasteiger partial charge in [-0.05, 0) is 53.7 Å². The average molecular weight is 377 g/mol. The molecule has 1 aliphatic heterocycles. The second kappa shape index (κ2) is 6.33. The molecule has 1 aromatic rings. The van der Waals surface area contributed by atoms with Crippen molar-refractivity contribution in [3.05, 3.63) is 28.2 Å². The maximum atomic E-state index is 12.5. The summed E-state index contributed by atoms with van der Waals surface area (Å²) in [5.41, 5.74) is 1.30. The molecule has 0 spiro atoms. The van der Waals surface area contributed by atoms with E-state index in [1.165, 1.54) is 0 Å². The molecule has 2 rings (SSSR count). The maximum Gasteiger partial charge on any atom is 0.322 e. The summed E-state index contributed by atoms with van der Waals surface area (Å²) in [6.07, 6.45) is 1.72. The third-order valence-corrected chi connectivity index (χ3v) is 6.06. The van der Waals surface area contributed by atoms with Gasteiger partial charge >= 0.3 is 16.2 Å². The molecule has 8 heteroatoms. The van der Waals surface area contributed by atoms with Crippen molar-refractivity contribution >= 4 is 37.8 Å². The number of benzene rings is 1. The molecular weight excluding hydrogens is 360 g/mol. The smallest absolute Gasteiger partial charge is 0.322 e. The molecule has 1 heterocycles. The number of carboxylic acids is 1. The Morgan fingerprint density at radius 2 is 2.14 bits per heavy atom. The number of aryl methyl sites for hydroxylation is 1. The Bertz CT molecular complexity index is 648. The van der Waals surface area contributed by atoms with Crippen LogP contribution in [0.5, 0.6) is 0 Å². The van der Waals surface area contributed by atoms with E-state index < -0.39 is 22.2 Å². The van der Waals surface area contributed by atoms with Crippen molar-refractivity contribution in [2.24, 2.45) is 0 Å². The van der Waals surface area contributed by atoms with Crippen LogP contribution in [-0.4, -0.2) is 36.4 Å². The molecule has 2 N–H and O–H groups in total. The van der Waals surface area contributed by atoms with E-state index in [1.807, 2.05) is 13.0 Å². The van der Waals surface area contributed by atoms with Crippen molar-refractivity contribution in [3.8, 4) is 0 Å². The molecule has 0 bridgehead atoms. The van der Waals surface area contributed by atoms with E-state index in [0.29, 0.717) is 23.0 Å². The van der Waals surface area contributed by atoms with E-state index in [2.05, 4.69) is 20.7 Å². The minimum absolute atomic E-state index is 0.218. The number of anilines is 1. The normalized spacial score (nSPS) is 20.2. The van der Waals surface area contributed by atoms with Gasteiger partial charge in [-0.2, -0.15) is 12.7 Å². The summed E-state index contributed by atoms with van der Waals surface area (Å²) >= 11 is 3.34. The zero-order valence-electron chi connectivity index (χ0n) is 11.5. The van der Waals surface area contributed by atoms with E-state index in [1.54, 1.807) is 12.1 Å². The third kappa shape index (κ3) is 3.56. The fourth-order valence-corrected chi connectivity index (χ4v) is 4.32. The van der Waals surface area contributed by atoms with Crippen LogP contribution in [0.25, 0.3) is 0 Å². The minimum atomic E-state index is -3.90. The molecule has 1 unspecified atom stereocenters. The standard InChI is InChI=1S/C13H17BrN2O4S/c1-9-5-4-6-10(12(9)14)15-21(19,20)16-8-3-2-7-11(16)13(17)18/h4-6,11,15H,2-3,7-8H2,1H3,(H,17,18).